The second kappa shape index (κ2) is 10.3. The third-order valence-corrected chi connectivity index (χ3v) is 5.49. The van der Waals surface area contributed by atoms with Gasteiger partial charge in [0.05, 0.1) is 15.0 Å². The Morgan fingerprint density at radius 1 is 1.20 bits per heavy atom. The van der Waals surface area contributed by atoms with Crippen molar-refractivity contribution >= 4 is 28.9 Å². The Hall–Kier alpha value is -2.13. The highest BCUT2D eigenvalue weighted by Crippen LogP contribution is 2.29. The number of likely N-dealkylation sites (tertiary alicyclic amines) is 1. The molecule has 0 radical (unpaired) electrons. The molecule has 30 heavy (non-hydrogen) atoms. The summed E-state index contributed by atoms with van der Waals surface area (Å²) in [5.41, 5.74) is -0.344. The molecular formula is C20H21Cl2FN2O5. The van der Waals surface area contributed by atoms with E-state index < -0.39 is 16.8 Å². The van der Waals surface area contributed by atoms with Crippen LogP contribution in [-0.4, -0.2) is 53.4 Å². The Labute approximate surface area is 183 Å². The van der Waals surface area contributed by atoms with Gasteiger partial charge in [-0.1, -0.05) is 23.2 Å². The van der Waals surface area contributed by atoms with Gasteiger partial charge in [-0.15, -0.1) is 0 Å². The van der Waals surface area contributed by atoms with Gasteiger partial charge in [0.1, 0.15) is 30.4 Å². The minimum atomic E-state index is -0.875. The maximum Gasteiger partial charge on any atom is 0.311 e. The van der Waals surface area contributed by atoms with Crippen LogP contribution in [0.1, 0.15) is 12.8 Å². The van der Waals surface area contributed by atoms with Crippen molar-refractivity contribution in [2.75, 3.05) is 26.2 Å². The standard InChI is InChI=1S/C20H21Cl2FN2O5/c21-17-3-2-16(10-18(17)22)30-15-5-7-24(8-6-15)11-14(26)12-29-20-9-13(23)1-4-19(20)25(27)28/h1-4,9-10,14-15,26H,5-8,11-12H2. The monoisotopic (exact) mass is 458 g/mol. The number of halogens is 3. The average molecular weight is 459 g/mol. The Morgan fingerprint density at radius 3 is 2.60 bits per heavy atom. The lowest BCUT2D eigenvalue weighted by atomic mass is 10.1. The summed E-state index contributed by atoms with van der Waals surface area (Å²) in [5.74, 6) is -0.185. The molecule has 1 heterocycles. The third-order valence-electron chi connectivity index (χ3n) is 4.75. The number of piperidine rings is 1. The smallest absolute Gasteiger partial charge is 0.311 e. The number of nitro benzene ring substituents is 1. The summed E-state index contributed by atoms with van der Waals surface area (Å²) in [6.07, 6.45) is 0.689. The Morgan fingerprint density at radius 2 is 1.93 bits per heavy atom. The maximum atomic E-state index is 13.3. The molecule has 1 aliphatic heterocycles. The molecule has 1 saturated heterocycles. The highest BCUT2D eigenvalue weighted by Gasteiger charge is 2.23. The summed E-state index contributed by atoms with van der Waals surface area (Å²) in [4.78, 5) is 12.4. The third kappa shape index (κ3) is 6.18. The predicted molar refractivity (Wildman–Crippen MR) is 111 cm³/mol. The summed E-state index contributed by atoms with van der Waals surface area (Å²) >= 11 is 11.9. The summed E-state index contributed by atoms with van der Waals surface area (Å²) in [6, 6.07) is 8.11. The number of nitro groups is 1. The first-order valence-electron chi connectivity index (χ1n) is 9.40. The molecule has 10 heteroatoms. The maximum absolute atomic E-state index is 13.3. The Kier molecular flexibility index (Phi) is 7.71. The van der Waals surface area contributed by atoms with E-state index in [1.165, 1.54) is 0 Å². The zero-order valence-electron chi connectivity index (χ0n) is 16.0. The SMILES string of the molecule is O=[N+]([O-])c1ccc(F)cc1OCC(O)CN1CCC(Oc2ccc(Cl)c(Cl)c2)CC1. The number of benzene rings is 2. The van der Waals surface area contributed by atoms with Crippen LogP contribution >= 0.6 is 23.2 Å². The van der Waals surface area contributed by atoms with Gasteiger partial charge in [0.2, 0.25) is 0 Å². The minimum Gasteiger partial charge on any atom is -0.490 e. The van der Waals surface area contributed by atoms with E-state index >= 15 is 0 Å². The van der Waals surface area contributed by atoms with Crippen LogP contribution in [0.15, 0.2) is 36.4 Å². The van der Waals surface area contributed by atoms with Crippen LogP contribution in [-0.2, 0) is 0 Å². The zero-order valence-corrected chi connectivity index (χ0v) is 17.5. The fourth-order valence-electron chi connectivity index (χ4n) is 3.24. The Balaban J connectivity index is 1.44. The molecule has 1 atom stereocenters. The lowest BCUT2D eigenvalue weighted by Gasteiger charge is -2.33. The van der Waals surface area contributed by atoms with Gasteiger partial charge in [-0.2, -0.15) is 0 Å². The quantitative estimate of drug-likeness (QED) is 0.468. The van der Waals surface area contributed by atoms with Crippen molar-refractivity contribution in [2.24, 2.45) is 0 Å². The second-order valence-corrected chi connectivity index (χ2v) is 7.84. The number of aliphatic hydroxyl groups excluding tert-OH is 1. The molecule has 1 N–H and O–H groups in total. The van der Waals surface area contributed by atoms with E-state index in [2.05, 4.69) is 4.90 Å². The molecule has 1 fully saturated rings. The van der Waals surface area contributed by atoms with E-state index in [0.717, 1.165) is 31.0 Å². The molecule has 162 valence electrons. The van der Waals surface area contributed by atoms with Gasteiger partial charge >= 0.3 is 5.69 Å². The first kappa shape index (κ1) is 22.6. The summed E-state index contributed by atoms with van der Waals surface area (Å²) in [7, 11) is 0. The van der Waals surface area contributed by atoms with Crippen LogP contribution in [0.4, 0.5) is 10.1 Å². The number of rotatable bonds is 8. The van der Waals surface area contributed by atoms with Crippen LogP contribution in [0, 0.1) is 15.9 Å². The molecule has 7 nitrogen and oxygen atoms in total. The molecule has 1 unspecified atom stereocenters. The van der Waals surface area contributed by atoms with Crippen LogP contribution < -0.4 is 9.47 Å². The lowest BCUT2D eigenvalue weighted by Crippen LogP contribution is -2.43. The molecule has 3 rings (SSSR count). The number of ether oxygens (including phenoxy) is 2. The van der Waals surface area contributed by atoms with Gasteiger partial charge in [0.25, 0.3) is 0 Å². The van der Waals surface area contributed by atoms with Crippen molar-refractivity contribution < 1.29 is 23.9 Å². The molecule has 0 bridgehead atoms. The average Bonchev–Trinajstić information content (AvgIpc) is 2.70. The van der Waals surface area contributed by atoms with Crippen molar-refractivity contribution in [1.29, 1.82) is 0 Å². The largest absolute Gasteiger partial charge is 0.490 e. The number of nitrogens with zero attached hydrogens (tertiary/aromatic N) is 2. The van der Waals surface area contributed by atoms with Crippen molar-refractivity contribution in [3.05, 3.63) is 62.4 Å². The number of aliphatic hydroxyl groups is 1. The van der Waals surface area contributed by atoms with E-state index in [0.29, 0.717) is 35.4 Å². The first-order valence-corrected chi connectivity index (χ1v) is 10.2. The molecular weight excluding hydrogens is 438 g/mol. The highest BCUT2D eigenvalue weighted by molar-refractivity contribution is 6.42. The molecule has 0 aliphatic carbocycles. The van der Waals surface area contributed by atoms with Gasteiger partial charge in [-0.05, 0) is 31.0 Å². The molecule has 0 spiro atoms. The molecule has 0 aromatic heterocycles. The summed E-state index contributed by atoms with van der Waals surface area (Å²) in [6.45, 7) is 1.58. The molecule has 0 amide bonds. The topological polar surface area (TPSA) is 85.1 Å². The fourth-order valence-corrected chi connectivity index (χ4v) is 3.53. The summed E-state index contributed by atoms with van der Waals surface area (Å²) < 4.78 is 24.6. The van der Waals surface area contributed by atoms with Crippen molar-refractivity contribution in [3.8, 4) is 11.5 Å². The lowest BCUT2D eigenvalue weighted by molar-refractivity contribution is -0.386. The van der Waals surface area contributed by atoms with Gasteiger partial charge in [-0.25, -0.2) is 4.39 Å². The predicted octanol–water partition coefficient (Wildman–Crippen LogP) is 4.32. The minimum absolute atomic E-state index is 0.0295. The van der Waals surface area contributed by atoms with E-state index in [-0.39, 0.29) is 24.1 Å². The summed E-state index contributed by atoms with van der Waals surface area (Å²) in [5, 5.41) is 22.1. The highest BCUT2D eigenvalue weighted by atomic mass is 35.5. The van der Waals surface area contributed by atoms with Gasteiger partial charge in [0, 0.05) is 37.8 Å². The Bertz CT molecular complexity index is 893. The van der Waals surface area contributed by atoms with Gasteiger partial charge in [-0.3, -0.25) is 10.1 Å². The van der Waals surface area contributed by atoms with Crippen LogP contribution in [0.3, 0.4) is 0 Å². The molecule has 2 aromatic rings. The van der Waals surface area contributed by atoms with Crippen LogP contribution in [0.2, 0.25) is 10.0 Å². The van der Waals surface area contributed by atoms with E-state index in [4.69, 9.17) is 32.7 Å². The number of hydrogen-bond acceptors (Lipinski definition) is 6. The number of hydrogen-bond donors (Lipinski definition) is 1. The number of β-amino-alcohol motifs (C(OH)–C–C–N with tert-alkyl or cyclic N) is 1. The van der Waals surface area contributed by atoms with E-state index in [1.54, 1.807) is 18.2 Å². The first-order chi connectivity index (χ1) is 14.3. The van der Waals surface area contributed by atoms with Crippen LogP contribution in [0.5, 0.6) is 11.5 Å². The fraction of sp³-hybridized carbons (Fsp3) is 0.400. The second-order valence-electron chi connectivity index (χ2n) is 7.03. The molecule has 0 saturated carbocycles. The van der Waals surface area contributed by atoms with Crippen molar-refractivity contribution in [3.63, 3.8) is 0 Å². The van der Waals surface area contributed by atoms with Crippen LogP contribution in [0.25, 0.3) is 0 Å². The molecule has 2 aromatic carbocycles. The zero-order chi connectivity index (χ0) is 21.7. The van der Waals surface area contributed by atoms with Gasteiger partial charge < -0.3 is 19.5 Å². The molecule has 1 aliphatic rings. The van der Waals surface area contributed by atoms with E-state index in [1.807, 2.05) is 0 Å². The van der Waals surface area contributed by atoms with Crippen molar-refractivity contribution in [1.82, 2.24) is 4.90 Å². The van der Waals surface area contributed by atoms with E-state index in [9.17, 15) is 19.6 Å². The normalized spacial score (nSPS) is 16.3. The van der Waals surface area contributed by atoms with Gasteiger partial charge in [0.15, 0.2) is 5.75 Å². The van der Waals surface area contributed by atoms with Crippen molar-refractivity contribution in [2.45, 2.75) is 25.0 Å².